The van der Waals surface area contributed by atoms with Crippen molar-refractivity contribution in [2.75, 3.05) is 25.5 Å². The van der Waals surface area contributed by atoms with Crippen LogP contribution in [0.3, 0.4) is 0 Å². The molecule has 2 bridgehead atoms. The smallest absolute Gasteiger partial charge is 0.279 e. The molecule has 2 saturated heterocycles. The summed E-state index contributed by atoms with van der Waals surface area (Å²) in [5, 5.41) is 6.34. The van der Waals surface area contributed by atoms with Crippen molar-refractivity contribution >= 4 is 29.1 Å². The van der Waals surface area contributed by atoms with Gasteiger partial charge >= 0.3 is 0 Å². The van der Waals surface area contributed by atoms with Crippen LogP contribution in [0.1, 0.15) is 19.3 Å². The van der Waals surface area contributed by atoms with Gasteiger partial charge in [-0.15, -0.1) is 0 Å². The second-order valence-electron chi connectivity index (χ2n) is 6.12. The Kier molecular flexibility index (Phi) is 4.73. The Morgan fingerprint density at radius 2 is 2.22 bits per heavy atom. The van der Waals surface area contributed by atoms with E-state index in [1.165, 1.54) is 4.90 Å². The number of carbonyl (C=O) groups is 2. The molecule has 7 heteroatoms. The fourth-order valence-corrected chi connectivity index (χ4v) is 3.72. The molecule has 1 aromatic rings. The standard InChI is InChI=1S/C16H20ClN3O3/c1-23-14-5-2-10(17)6-13(14)19-16(22)9-20-11-3-4-12(20)8-18-15(21)7-11/h2,5-6,11-12H,3-4,7-9H2,1H3,(H,18,21)(H,19,22)/p+1/t11-,12+/m0/s1. The molecule has 2 aliphatic rings. The van der Waals surface area contributed by atoms with Gasteiger partial charge < -0.3 is 20.3 Å². The molecule has 0 aromatic heterocycles. The molecule has 23 heavy (non-hydrogen) atoms. The highest BCUT2D eigenvalue weighted by Gasteiger charge is 2.42. The highest BCUT2D eigenvalue weighted by molar-refractivity contribution is 6.31. The SMILES string of the molecule is COc1ccc(Cl)cc1NC(=O)C[NH+]1[C@@H]2CC[C@H]1CC(=O)NC2. The Morgan fingerprint density at radius 1 is 1.43 bits per heavy atom. The molecule has 6 nitrogen and oxygen atoms in total. The first-order valence-electron chi connectivity index (χ1n) is 7.82. The number of carbonyl (C=O) groups excluding carboxylic acids is 2. The van der Waals surface area contributed by atoms with Crippen molar-refractivity contribution in [3.05, 3.63) is 23.2 Å². The number of anilines is 1. The van der Waals surface area contributed by atoms with Gasteiger partial charge in [-0.05, 0) is 18.2 Å². The summed E-state index contributed by atoms with van der Waals surface area (Å²) in [5.74, 6) is 0.576. The van der Waals surface area contributed by atoms with Crippen LogP contribution in [-0.2, 0) is 9.59 Å². The summed E-state index contributed by atoms with van der Waals surface area (Å²) >= 11 is 5.99. The van der Waals surface area contributed by atoms with Gasteiger partial charge in [0.05, 0.1) is 31.8 Å². The predicted octanol–water partition coefficient (Wildman–Crippen LogP) is 0.223. The molecule has 1 unspecified atom stereocenters. The van der Waals surface area contributed by atoms with E-state index >= 15 is 0 Å². The summed E-state index contributed by atoms with van der Waals surface area (Å²) in [6.07, 6.45) is 2.55. The molecule has 0 saturated carbocycles. The van der Waals surface area contributed by atoms with Crippen molar-refractivity contribution < 1.29 is 19.2 Å². The van der Waals surface area contributed by atoms with E-state index in [1.54, 1.807) is 25.3 Å². The number of quaternary nitrogens is 1. The van der Waals surface area contributed by atoms with E-state index in [9.17, 15) is 9.59 Å². The maximum Gasteiger partial charge on any atom is 0.279 e. The maximum atomic E-state index is 12.4. The van der Waals surface area contributed by atoms with E-state index in [0.717, 1.165) is 12.8 Å². The first-order valence-corrected chi connectivity index (χ1v) is 8.20. The molecule has 0 aliphatic carbocycles. The lowest BCUT2D eigenvalue weighted by Gasteiger charge is -2.23. The van der Waals surface area contributed by atoms with Crippen LogP contribution in [0.25, 0.3) is 0 Å². The molecular weight excluding hydrogens is 318 g/mol. The number of fused-ring (bicyclic) bond motifs is 2. The zero-order valence-corrected chi connectivity index (χ0v) is 13.8. The van der Waals surface area contributed by atoms with Crippen LogP contribution in [0, 0.1) is 0 Å². The normalized spacial score (nSPS) is 26.3. The molecule has 124 valence electrons. The Labute approximate surface area is 140 Å². The molecule has 2 aliphatic heterocycles. The Balaban J connectivity index is 1.68. The van der Waals surface area contributed by atoms with Gasteiger partial charge in [0.15, 0.2) is 6.54 Å². The lowest BCUT2D eigenvalue weighted by atomic mass is 10.1. The number of hydrogen-bond acceptors (Lipinski definition) is 3. The predicted molar refractivity (Wildman–Crippen MR) is 86.9 cm³/mol. The lowest BCUT2D eigenvalue weighted by Crippen LogP contribution is -3.18. The Bertz CT molecular complexity index is 623. The molecule has 3 rings (SSSR count). The van der Waals surface area contributed by atoms with Gasteiger partial charge in [-0.2, -0.15) is 0 Å². The van der Waals surface area contributed by atoms with Crippen LogP contribution in [0.15, 0.2) is 18.2 Å². The Morgan fingerprint density at radius 3 is 3.00 bits per heavy atom. The van der Waals surface area contributed by atoms with Gasteiger partial charge in [0.2, 0.25) is 5.91 Å². The van der Waals surface area contributed by atoms with Gasteiger partial charge in [-0.25, -0.2) is 0 Å². The maximum absolute atomic E-state index is 12.4. The zero-order chi connectivity index (χ0) is 16.4. The van der Waals surface area contributed by atoms with Gasteiger partial charge in [0.25, 0.3) is 5.91 Å². The number of rotatable bonds is 4. The third kappa shape index (κ3) is 3.59. The summed E-state index contributed by atoms with van der Waals surface area (Å²) in [5.41, 5.74) is 0.570. The first kappa shape index (κ1) is 16.1. The number of ether oxygens (including phenoxy) is 1. The zero-order valence-electron chi connectivity index (χ0n) is 13.0. The van der Waals surface area contributed by atoms with Crippen molar-refractivity contribution in [1.82, 2.24) is 5.32 Å². The second-order valence-corrected chi connectivity index (χ2v) is 6.56. The number of benzene rings is 1. The summed E-state index contributed by atoms with van der Waals surface area (Å²) < 4.78 is 5.25. The van der Waals surface area contributed by atoms with Crippen LogP contribution in [0.4, 0.5) is 5.69 Å². The van der Waals surface area contributed by atoms with Crippen molar-refractivity contribution in [3.8, 4) is 5.75 Å². The number of amides is 2. The molecule has 2 heterocycles. The number of nitrogens with one attached hydrogen (secondary N) is 3. The van der Waals surface area contributed by atoms with Crippen molar-refractivity contribution in [2.24, 2.45) is 0 Å². The van der Waals surface area contributed by atoms with Crippen LogP contribution in [0.2, 0.25) is 5.02 Å². The van der Waals surface area contributed by atoms with Crippen LogP contribution < -0.4 is 20.3 Å². The topological polar surface area (TPSA) is 71.9 Å². The minimum atomic E-state index is -0.0909. The fraction of sp³-hybridized carbons (Fsp3) is 0.500. The number of halogens is 1. The van der Waals surface area contributed by atoms with Crippen LogP contribution in [0.5, 0.6) is 5.75 Å². The van der Waals surface area contributed by atoms with E-state index in [0.29, 0.717) is 42.0 Å². The van der Waals surface area contributed by atoms with Crippen LogP contribution in [-0.4, -0.2) is 44.1 Å². The quantitative estimate of drug-likeness (QED) is 0.735. The van der Waals surface area contributed by atoms with Crippen molar-refractivity contribution in [2.45, 2.75) is 31.3 Å². The molecule has 0 spiro atoms. The molecule has 3 atom stereocenters. The van der Waals surface area contributed by atoms with E-state index < -0.39 is 0 Å². The average molecular weight is 339 g/mol. The van der Waals surface area contributed by atoms with E-state index in [4.69, 9.17) is 16.3 Å². The minimum Gasteiger partial charge on any atom is -0.495 e. The molecule has 2 amide bonds. The number of hydrogen-bond donors (Lipinski definition) is 3. The summed E-state index contributed by atoms with van der Waals surface area (Å²) in [7, 11) is 1.55. The first-order chi connectivity index (χ1) is 11.1. The number of methoxy groups -OCH3 is 1. The average Bonchev–Trinajstić information content (AvgIpc) is 2.78. The van der Waals surface area contributed by atoms with E-state index in [-0.39, 0.29) is 17.9 Å². The van der Waals surface area contributed by atoms with Crippen LogP contribution >= 0.6 is 11.6 Å². The highest BCUT2D eigenvalue weighted by Crippen LogP contribution is 2.27. The fourth-order valence-electron chi connectivity index (χ4n) is 3.55. The van der Waals surface area contributed by atoms with Gasteiger partial charge in [0.1, 0.15) is 11.8 Å². The van der Waals surface area contributed by atoms with Crippen molar-refractivity contribution in [1.29, 1.82) is 0 Å². The minimum absolute atomic E-state index is 0.0895. The van der Waals surface area contributed by atoms with Gasteiger partial charge in [-0.3, -0.25) is 9.59 Å². The van der Waals surface area contributed by atoms with Gasteiger partial charge in [0, 0.05) is 17.9 Å². The lowest BCUT2D eigenvalue weighted by molar-refractivity contribution is -0.925. The Hall–Kier alpha value is -1.79. The summed E-state index contributed by atoms with van der Waals surface area (Å²) in [4.78, 5) is 25.3. The summed E-state index contributed by atoms with van der Waals surface area (Å²) in [6, 6.07) is 5.67. The molecular formula is C16H21ClN3O3+. The third-order valence-corrected chi connectivity index (χ3v) is 4.93. The molecule has 2 fully saturated rings. The van der Waals surface area contributed by atoms with Crippen molar-refractivity contribution in [3.63, 3.8) is 0 Å². The van der Waals surface area contributed by atoms with E-state index in [2.05, 4.69) is 10.6 Å². The monoisotopic (exact) mass is 338 g/mol. The largest absolute Gasteiger partial charge is 0.495 e. The molecule has 1 aromatic carbocycles. The summed E-state index contributed by atoms with van der Waals surface area (Å²) in [6.45, 7) is 0.998. The third-order valence-electron chi connectivity index (χ3n) is 4.69. The van der Waals surface area contributed by atoms with E-state index in [1.807, 2.05) is 0 Å². The molecule has 3 N–H and O–H groups in total. The second kappa shape index (κ2) is 6.76. The van der Waals surface area contributed by atoms with Gasteiger partial charge in [-0.1, -0.05) is 11.6 Å². The molecule has 0 radical (unpaired) electrons. The highest BCUT2D eigenvalue weighted by atomic mass is 35.5.